The van der Waals surface area contributed by atoms with Gasteiger partial charge in [-0.1, -0.05) is 12.1 Å². The average Bonchev–Trinajstić information content (AvgIpc) is 3.40. The molecule has 34 heavy (non-hydrogen) atoms. The Bertz CT molecular complexity index is 1170. The van der Waals surface area contributed by atoms with E-state index in [-0.39, 0.29) is 12.1 Å². The molecule has 0 radical (unpaired) electrons. The number of nitrogens with zero attached hydrogens (tertiary/aromatic N) is 4. The smallest absolute Gasteiger partial charge is 0.407 e. The van der Waals surface area contributed by atoms with Gasteiger partial charge in [0.1, 0.15) is 5.60 Å². The van der Waals surface area contributed by atoms with Gasteiger partial charge in [-0.2, -0.15) is 5.10 Å². The number of rotatable bonds is 8. The van der Waals surface area contributed by atoms with E-state index < -0.39 is 11.7 Å². The molecule has 1 fully saturated rings. The van der Waals surface area contributed by atoms with Crippen molar-refractivity contribution >= 4 is 17.7 Å². The second-order valence-corrected chi connectivity index (χ2v) is 9.97. The summed E-state index contributed by atoms with van der Waals surface area (Å²) in [5.74, 6) is 0.452. The molecule has 0 spiro atoms. The maximum atomic E-state index is 13.3. The summed E-state index contributed by atoms with van der Waals surface area (Å²) in [6.45, 7) is 8.04. The van der Waals surface area contributed by atoms with E-state index in [1.807, 2.05) is 58.2 Å². The zero-order valence-electron chi connectivity index (χ0n) is 20.1. The number of alkyl halides is 1. The number of anilines is 2. The van der Waals surface area contributed by atoms with Crippen LogP contribution in [0.3, 0.4) is 0 Å². The van der Waals surface area contributed by atoms with Gasteiger partial charge in [0.05, 0.1) is 18.6 Å². The predicted molar refractivity (Wildman–Crippen MR) is 128 cm³/mol. The number of carbonyl (C=O) groups is 1. The Morgan fingerprint density at radius 1 is 1.26 bits per heavy atom. The van der Waals surface area contributed by atoms with E-state index in [1.165, 1.54) is 0 Å². The number of nitrogens with one attached hydrogen (secondary N) is 2. The fourth-order valence-corrected chi connectivity index (χ4v) is 3.60. The van der Waals surface area contributed by atoms with E-state index in [9.17, 15) is 9.18 Å². The van der Waals surface area contributed by atoms with E-state index in [0.29, 0.717) is 19.0 Å². The van der Waals surface area contributed by atoms with Gasteiger partial charge in [0.15, 0.2) is 0 Å². The zero-order chi connectivity index (χ0) is 24.3. The van der Waals surface area contributed by atoms with Crippen LogP contribution in [0.1, 0.15) is 44.7 Å². The van der Waals surface area contributed by atoms with Crippen molar-refractivity contribution in [3.63, 3.8) is 0 Å². The van der Waals surface area contributed by atoms with E-state index >= 15 is 0 Å². The zero-order valence-corrected chi connectivity index (χ0v) is 20.1. The molecule has 8 nitrogen and oxygen atoms in total. The van der Waals surface area contributed by atoms with Gasteiger partial charge >= 0.3 is 6.09 Å². The Labute approximate surface area is 199 Å². The summed E-state index contributed by atoms with van der Waals surface area (Å²) in [4.78, 5) is 21.0. The van der Waals surface area contributed by atoms with Gasteiger partial charge in [0.25, 0.3) is 0 Å². The monoisotopic (exact) mass is 466 g/mol. The summed E-state index contributed by atoms with van der Waals surface area (Å²) < 4.78 is 20.3. The van der Waals surface area contributed by atoms with Crippen LogP contribution in [0, 0.1) is 12.3 Å². The molecule has 1 aliphatic carbocycles. The molecule has 2 aromatic heterocycles. The van der Waals surface area contributed by atoms with E-state index in [1.54, 1.807) is 17.1 Å². The quantitative estimate of drug-likeness (QED) is 0.476. The molecule has 0 atom stereocenters. The van der Waals surface area contributed by atoms with Gasteiger partial charge < -0.3 is 15.4 Å². The number of alkyl carbamates (subject to hydrolysis) is 1. The lowest BCUT2D eigenvalue weighted by molar-refractivity contribution is 0.0523. The lowest BCUT2D eigenvalue weighted by Crippen LogP contribution is -2.32. The predicted octanol–water partition coefficient (Wildman–Crippen LogP) is 5.17. The number of hydrogen-bond acceptors (Lipinski definition) is 6. The fraction of sp³-hybridized carbons (Fsp3) is 0.440. The van der Waals surface area contributed by atoms with Gasteiger partial charge in [-0.05, 0) is 63.8 Å². The highest BCUT2D eigenvalue weighted by Gasteiger charge is 2.43. The average molecular weight is 467 g/mol. The number of aromatic nitrogens is 4. The highest BCUT2D eigenvalue weighted by atomic mass is 19.1. The van der Waals surface area contributed by atoms with Crippen LogP contribution in [0.2, 0.25) is 0 Å². The van der Waals surface area contributed by atoms with Crippen LogP contribution in [-0.2, 0) is 17.8 Å². The minimum Gasteiger partial charge on any atom is -0.444 e. The van der Waals surface area contributed by atoms with E-state index in [2.05, 4.69) is 25.7 Å². The molecule has 0 unspecified atom stereocenters. The van der Waals surface area contributed by atoms with Crippen molar-refractivity contribution in [1.29, 1.82) is 0 Å². The highest BCUT2D eigenvalue weighted by molar-refractivity contribution is 5.68. The minimum atomic E-state index is -0.545. The van der Waals surface area contributed by atoms with Crippen molar-refractivity contribution < 1.29 is 13.9 Å². The number of aryl methyl sites for hydroxylation is 1. The van der Waals surface area contributed by atoms with Gasteiger partial charge in [-0.15, -0.1) is 0 Å². The Kier molecular flexibility index (Phi) is 6.54. The third-order valence-electron chi connectivity index (χ3n) is 5.64. The number of hydrogen-bond donors (Lipinski definition) is 2. The van der Waals surface area contributed by atoms with Crippen molar-refractivity contribution in [2.75, 3.05) is 12.0 Å². The first-order valence-corrected chi connectivity index (χ1v) is 11.4. The normalized spacial score (nSPS) is 14.5. The van der Waals surface area contributed by atoms with Gasteiger partial charge in [-0.25, -0.2) is 14.8 Å². The molecule has 1 aromatic carbocycles. The van der Waals surface area contributed by atoms with Crippen molar-refractivity contribution in [3.8, 4) is 11.3 Å². The largest absolute Gasteiger partial charge is 0.444 e. The second-order valence-electron chi connectivity index (χ2n) is 9.97. The Hall–Kier alpha value is -3.49. The molecule has 2 heterocycles. The Morgan fingerprint density at radius 3 is 2.76 bits per heavy atom. The van der Waals surface area contributed by atoms with Crippen molar-refractivity contribution in [2.24, 2.45) is 5.41 Å². The number of carbonyl (C=O) groups excluding carboxylic acids is 1. The van der Waals surface area contributed by atoms with Crippen molar-refractivity contribution in [3.05, 3.63) is 54.0 Å². The molecular formula is C25H31FN6O2. The van der Waals surface area contributed by atoms with Crippen LogP contribution in [0.15, 0.2) is 42.9 Å². The second kappa shape index (κ2) is 9.40. The van der Waals surface area contributed by atoms with Crippen molar-refractivity contribution in [1.82, 2.24) is 25.1 Å². The molecule has 0 bridgehead atoms. The molecule has 3 aromatic rings. The summed E-state index contributed by atoms with van der Waals surface area (Å²) in [7, 11) is 0. The lowest BCUT2D eigenvalue weighted by atomic mass is 10.1. The third kappa shape index (κ3) is 6.09. The van der Waals surface area contributed by atoms with E-state index in [0.717, 1.165) is 40.9 Å². The highest BCUT2D eigenvalue weighted by Crippen LogP contribution is 2.47. The molecule has 0 aliphatic heterocycles. The van der Waals surface area contributed by atoms with Gasteiger partial charge in [0.2, 0.25) is 5.95 Å². The van der Waals surface area contributed by atoms with Crippen LogP contribution in [0.4, 0.5) is 20.8 Å². The SMILES string of the molecule is Cc1cnc(Nc2cccc(CNC(=O)OC(C)(C)C)c2)nc1-c1cnn(CC2(CF)CC2)c1. The summed E-state index contributed by atoms with van der Waals surface area (Å²) in [5, 5.41) is 10.4. The summed E-state index contributed by atoms with van der Waals surface area (Å²) in [6.07, 6.45) is 6.79. The molecule has 9 heteroatoms. The van der Waals surface area contributed by atoms with E-state index in [4.69, 9.17) is 4.74 Å². The Balaban J connectivity index is 1.43. The first kappa shape index (κ1) is 23.7. The van der Waals surface area contributed by atoms with Crippen LogP contribution < -0.4 is 10.6 Å². The Morgan fingerprint density at radius 2 is 2.06 bits per heavy atom. The van der Waals surface area contributed by atoms with Crippen LogP contribution in [0.25, 0.3) is 11.3 Å². The topological polar surface area (TPSA) is 94.0 Å². The summed E-state index contributed by atoms with van der Waals surface area (Å²) in [5.41, 5.74) is 3.49. The van der Waals surface area contributed by atoms with Crippen LogP contribution in [0.5, 0.6) is 0 Å². The first-order valence-electron chi connectivity index (χ1n) is 11.4. The summed E-state index contributed by atoms with van der Waals surface area (Å²) >= 11 is 0. The molecule has 0 saturated heterocycles. The number of benzene rings is 1. The molecule has 1 aliphatic rings. The first-order chi connectivity index (χ1) is 16.1. The third-order valence-corrected chi connectivity index (χ3v) is 5.64. The van der Waals surface area contributed by atoms with Gasteiger partial charge in [0, 0.05) is 42.1 Å². The van der Waals surface area contributed by atoms with Crippen LogP contribution in [-0.4, -0.2) is 38.1 Å². The molecule has 1 amide bonds. The number of ether oxygens (including phenoxy) is 1. The lowest BCUT2D eigenvalue weighted by Gasteiger charge is -2.19. The molecule has 180 valence electrons. The van der Waals surface area contributed by atoms with Gasteiger partial charge in [-0.3, -0.25) is 9.07 Å². The summed E-state index contributed by atoms with van der Waals surface area (Å²) in [6, 6.07) is 7.64. The number of halogens is 1. The molecular weight excluding hydrogens is 435 g/mol. The number of amides is 1. The maximum Gasteiger partial charge on any atom is 0.407 e. The van der Waals surface area contributed by atoms with Crippen molar-refractivity contribution in [2.45, 2.75) is 59.2 Å². The fourth-order valence-electron chi connectivity index (χ4n) is 3.60. The molecule has 2 N–H and O–H groups in total. The minimum absolute atomic E-state index is 0.236. The molecule has 4 rings (SSSR count). The van der Waals surface area contributed by atoms with Crippen LogP contribution >= 0.6 is 0 Å². The maximum absolute atomic E-state index is 13.3. The molecule has 1 saturated carbocycles. The standard InChI is InChI=1S/C25H31FN6O2/c1-17-11-27-22(31-21(17)19-13-29-32(14-19)16-25(15-26)8-9-25)30-20-7-5-6-18(10-20)12-28-23(33)34-24(2,3)4/h5-7,10-11,13-14H,8-9,12,15-16H2,1-4H3,(H,28,33)(H,27,30,31).